The predicted octanol–water partition coefficient (Wildman–Crippen LogP) is 5.49. The van der Waals surface area contributed by atoms with Gasteiger partial charge < -0.3 is 25.0 Å². The van der Waals surface area contributed by atoms with Crippen LogP contribution in [0.25, 0.3) is 32.8 Å². The molecule has 41 heavy (non-hydrogen) atoms. The van der Waals surface area contributed by atoms with E-state index in [2.05, 4.69) is 27.0 Å². The number of halogens is 2. The first-order chi connectivity index (χ1) is 19.7. The van der Waals surface area contributed by atoms with Gasteiger partial charge in [0.1, 0.15) is 22.9 Å². The van der Waals surface area contributed by atoms with Gasteiger partial charge in [0.25, 0.3) is 0 Å². The maximum atomic E-state index is 16.6. The van der Waals surface area contributed by atoms with Gasteiger partial charge in [-0.15, -0.1) is 0 Å². The maximum Gasteiger partial charge on any atom is 0.319 e. The summed E-state index contributed by atoms with van der Waals surface area (Å²) in [4.78, 5) is 13.6. The summed E-state index contributed by atoms with van der Waals surface area (Å²) in [6, 6.07) is 12.0. The molecule has 1 aromatic heterocycles. The molecule has 7 nitrogen and oxygen atoms in total. The van der Waals surface area contributed by atoms with Crippen molar-refractivity contribution >= 4 is 27.5 Å². The molecule has 0 radical (unpaired) electrons. The fraction of sp³-hybridized carbons (Fsp3) is 0.438. The van der Waals surface area contributed by atoms with Gasteiger partial charge in [-0.1, -0.05) is 31.2 Å². The molecule has 3 saturated heterocycles. The molecule has 1 aliphatic carbocycles. The van der Waals surface area contributed by atoms with Gasteiger partial charge in [0.15, 0.2) is 5.82 Å². The fourth-order valence-corrected chi connectivity index (χ4v) is 6.95. The van der Waals surface area contributed by atoms with Crippen molar-refractivity contribution < 1.29 is 18.6 Å². The number of hydrogen-bond acceptors (Lipinski definition) is 7. The van der Waals surface area contributed by atoms with Crippen LogP contribution in [-0.2, 0) is 0 Å². The summed E-state index contributed by atoms with van der Waals surface area (Å²) in [5.41, 5.74) is 0.0838. The third kappa shape index (κ3) is 4.55. The van der Waals surface area contributed by atoms with E-state index in [-0.39, 0.29) is 39.4 Å². The van der Waals surface area contributed by atoms with E-state index < -0.39 is 11.6 Å². The zero-order valence-electron chi connectivity index (χ0n) is 23.7. The Morgan fingerprint density at radius 2 is 1.90 bits per heavy atom. The smallest absolute Gasteiger partial charge is 0.319 e. The van der Waals surface area contributed by atoms with Crippen LogP contribution in [0, 0.1) is 17.0 Å². The number of phenols is 1. The Morgan fingerprint density at radius 1 is 1.12 bits per heavy atom. The molecule has 8 rings (SSSR count). The molecule has 4 fully saturated rings. The van der Waals surface area contributed by atoms with E-state index in [9.17, 15) is 5.11 Å². The first-order valence-corrected chi connectivity index (χ1v) is 14.4. The minimum Gasteiger partial charge on any atom is -0.508 e. The summed E-state index contributed by atoms with van der Waals surface area (Å²) in [5.74, 6) is -1.08. The quantitative estimate of drug-likeness (QED) is 0.296. The van der Waals surface area contributed by atoms with E-state index in [0.717, 1.165) is 32.2 Å². The number of ether oxygens (including phenoxy) is 1. The topological polar surface area (TPSA) is 73.8 Å². The second kappa shape index (κ2) is 9.49. The standard InChI is InChI=1S/C32H35F2N5O2/c1-4-32-14-20(37-32)15-39(17-32)29-24-13-25(33)26(23-12-21(40)11-19-7-5-6-8-22(19)23)27(34)28(24)35-30(36-29)41-18-31(9-10-31)16-38(2)3/h5-8,11-13,20,37,40H,4,9-10,14-18H2,1-3H3. The normalized spacial score (nSPS) is 22.8. The van der Waals surface area contributed by atoms with E-state index in [1.165, 1.54) is 12.1 Å². The number of fused-ring (bicyclic) bond motifs is 4. The lowest BCUT2D eigenvalue weighted by Crippen LogP contribution is -2.75. The largest absolute Gasteiger partial charge is 0.508 e. The van der Waals surface area contributed by atoms with Crippen molar-refractivity contribution in [3.05, 3.63) is 54.1 Å². The van der Waals surface area contributed by atoms with Gasteiger partial charge >= 0.3 is 6.01 Å². The number of piperidine rings is 1. The summed E-state index contributed by atoms with van der Waals surface area (Å²) < 4.78 is 38.8. The number of aromatic hydroxyl groups is 1. The highest BCUT2D eigenvalue weighted by Crippen LogP contribution is 2.47. The average molecular weight is 560 g/mol. The van der Waals surface area contributed by atoms with Crippen molar-refractivity contribution in [2.24, 2.45) is 5.41 Å². The van der Waals surface area contributed by atoms with Crippen LogP contribution in [0.4, 0.5) is 14.6 Å². The van der Waals surface area contributed by atoms with E-state index in [1.54, 1.807) is 12.1 Å². The summed E-state index contributed by atoms with van der Waals surface area (Å²) in [6.07, 6.45) is 4.14. The molecule has 2 N–H and O–H groups in total. The van der Waals surface area contributed by atoms with Crippen LogP contribution in [0.1, 0.15) is 32.6 Å². The van der Waals surface area contributed by atoms with Crippen LogP contribution in [0.15, 0.2) is 42.5 Å². The van der Waals surface area contributed by atoms with Gasteiger partial charge in [-0.05, 0) is 74.3 Å². The first-order valence-electron chi connectivity index (χ1n) is 14.4. The molecule has 2 bridgehead atoms. The predicted molar refractivity (Wildman–Crippen MR) is 157 cm³/mol. The number of benzene rings is 3. The Labute approximate surface area is 238 Å². The number of aromatic nitrogens is 2. The van der Waals surface area contributed by atoms with Crippen LogP contribution >= 0.6 is 0 Å². The second-order valence-electron chi connectivity index (χ2n) is 12.6. The highest BCUT2D eigenvalue weighted by Gasteiger charge is 2.49. The molecule has 1 saturated carbocycles. The maximum absolute atomic E-state index is 16.6. The lowest BCUT2D eigenvalue weighted by molar-refractivity contribution is 0.103. The Kier molecular flexibility index (Phi) is 6.10. The van der Waals surface area contributed by atoms with Crippen LogP contribution in [0.2, 0.25) is 0 Å². The number of hydrogen-bond donors (Lipinski definition) is 2. The minimum absolute atomic E-state index is 0.0176. The highest BCUT2D eigenvalue weighted by molar-refractivity contribution is 6.01. The summed E-state index contributed by atoms with van der Waals surface area (Å²) >= 11 is 0. The molecule has 3 aromatic carbocycles. The Balaban J connectivity index is 1.37. The Bertz CT molecular complexity index is 1670. The van der Waals surface area contributed by atoms with E-state index in [4.69, 9.17) is 9.72 Å². The van der Waals surface area contributed by atoms with E-state index in [0.29, 0.717) is 47.7 Å². The summed E-state index contributed by atoms with van der Waals surface area (Å²) in [7, 11) is 4.08. The molecule has 3 aliphatic heterocycles. The van der Waals surface area contributed by atoms with Crippen molar-refractivity contribution in [1.82, 2.24) is 20.2 Å². The number of anilines is 1. The zero-order chi connectivity index (χ0) is 28.5. The second-order valence-corrected chi connectivity index (χ2v) is 12.6. The molecule has 4 aliphatic rings. The monoisotopic (exact) mass is 559 g/mol. The minimum atomic E-state index is -0.788. The fourth-order valence-electron chi connectivity index (χ4n) is 6.95. The van der Waals surface area contributed by atoms with E-state index >= 15 is 8.78 Å². The molecule has 214 valence electrons. The summed E-state index contributed by atoms with van der Waals surface area (Å²) in [5, 5.41) is 15.7. The van der Waals surface area contributed by atoms with Crippen LogP contribution in [0.3, 0.4) is 0 Å². The van der Waals surface area contributed by atoms with Crippen molar-refractivity contribution in [2.45, 2.75) is 44.2 Å². The molecule has 0 amide bonds. The molecule has 4 heterocycles. The Morgan fingerprint density at radius 3 is 2.63 bits per heavy atom. The SMILES string of the molecule is CCC12CC(CN(c3nc(OCC4(CN(C)C)CC4)nc4c(F)c(-c5cc(O)cc6ccccc56)c(F)cc34)C1)N2. The van der Waals surface area contributed by atoms with Crippen molar-refractivity contribution in [2.75, 3.05) is 45.2 Å². The van der Waals surface area contributed by atoms with Crippen LogP contribution < -0.4 is 15.0 Å². The first kappa shape index (κ1) is 26.3. The van der Waals surface area contributed by atoms with Gasteiger partial charge in [-0.25, -0.2) is 8.78 Å². The van der Waals surface area contributed by atoms with Gasteiger partial charge in [-0.3, -0.25) is 0 Å². The average Bonchev–Trinajstić information content (AvgIpc) is 3.69. The van der Waals surface area contributed by atoms with Crippen molar-refractivity contribution in [3.63, 3.8) is 0 Å². The lowest BCUT2D eigenvalue weighted by Gasteiger charge is -2.57. The molecule has 2 atom stereocenters. The molecule has 9 heteroatoms. The number of phenolic OH excluding ortho intramolecular Hbond substituents is 1. The number of nitrogens with zero attached hydrogens (tertiary/aromatic N) is 4. The van der Waals surface area contributed by atoms with Gasteiger partial charge in [-0.2, -0.15) is 9.97 Å². The van der Waals surface area contributed by atoms with Crippen molar-refractivity contribution in [1.29, 1.82) is 0 Å². The van der Waals surface area contributed by atoms with Crippen LogP contribution in [-0.4, -0.2) is 71.9 Å². The van der Waals surface area contributed by atoms with Gasteiger partial charge in [0.05, 0.1) is 12.2 Å². The third-order valence-corrected chi connectivity index (χ3v) is 9.13. The van der Waals surface area contributed by atoms with Gasteiger partial charge in [0.2, 0.25) is 0 Å². The molecule has 4 aromatic rings. The van der Waals surface area contributed by atoms with Crippen LogP contribution in [0.5, 0.6) is 11.8 Å². The highest BCUT2D eigenvalue weighted by atomic mass is 19.1. The van der Waals surface area contributed by atoms with Gasteiger partial charge in [0, 0.05) is 42.0 Å². The van der Waals surface area contributed by atoms with E-state index in [1.807, 2.05) is 32.3 Å². The lowest BCUT2D eigenvalue weighted by atomic mass is 9.75. The summed E-state index contributed by atoms with van der Waals surface area (Å²) in [6.45, 7) is 4.87. The molecular formula is C32H35F2N5O2. The number of nitrogens with one attached hydrogen (secondary N) is 1. The number of piperazine rings is 1. The zero-order valence-corrected chi connectivity index (χ0v) is 23.7. The third-order valence-electron chi connectivity index (χ3n) is 9.13. The molecular weight excluding hydrogens is 524 g/mol. The number of rotatable bonds is 8. The molecule has 0 spiro atoms. The Hall–Kier alpha value is -3.56. The molecule has 2 unspecified atom stereocenters. The van der Waals surface area contributed by atoms with Crippen molar-refractivity contribution in [3.8, 4) is 22.9 Å².